The zero-order chi connectivity index (χ0) is 23.9. The predicted octanol–water partition coefficient (Wildman–Crippen LogP) is 4.16. The Labute approximate surface area is 191 Å². The minimum absolute atomic E-state index is 0.0397. The van der Waals surface area contributed by atoms with Crippen LogP contribution < -0.4 is 4.74 Å². The fourth-order valence-electron chi connectivity index (χ4n) is 4.65. The van der Waals surface area contributed by atoms with Crippen LogP contribution in [0.1, 0.15) is 35.3 Å². The highest BCUT2D eigenvalue weighted by Gasteiger charge is 2.45. The lowest BCUT2D eigenvalue weighted by molar-refractivity contribution is -0.141. The van der Waals surface area contributed by atoms with Crippen molar-refractivity contribution in [3.05, 3.63) is 66.1 Å². The van der Waals surface area contributed by atoms with Gasteiger partial charge in [0, 0.05) is 24.5 Å². The molecule has 1 saturated carbocycles. The van der Waals surface area contributed by atoms with Gasteiger partial charge in [-0.25, -0.2) is 24.3 Å². The third-order valence-corrected chi connectivity index (χ3v) is 6.19. The minimum atomic E-state index is -4.59. The molecule has 1 aromatic carbocycles. The number of aromatic nitrogens is 4. The number of carbonyl (C=O) groups excluding carboxylic acids is 1. The molecule has 176 valence electrons. The number of carbonyl (C=O) groups is 1. The molecule has 0 spiro atoms. The molecular formula is C23H19F4N5O2. The molecule has 34 heavy (non-hydrogen) atoms. The summed E-state index contributed by atoms with van der Waals surface area (Å²) in [5.41, 5.74) is -0.546. The SMILES string of the molecule is O=C(c1cc(F)ccc1-c1ncccn1)N1CC2CCC1C(Oc1cnc(C(F)(F)F)cn1)C2. The second-order valence-electron chi connectivity index (χ2n) is 8.36. The van der Waals surface area contributed by atoms with Crippen LogP contribution in [0.25, 0.3) is 11.4 Å². The molecule has 2 aliphatic heterocycles. The summed E-state index contributed by atoms with van der Waals surface area (Å²) in [5, 5.41) is 0. The molecular weight excluding hydrogens is 454 g/mol. The average Bonchev–Trinajstić information content (AvgIpc) is 2.84. The molecule has 1 aliphatic carbocycles. The first kappa shape index (κ1) is 22.2. The molecule has 11 heteroatoms. The number of hydrogen-bond donors (Lipinski definition) is 0. The third-order valence-electron chi connectivity index (χ3n) is 6.19. The van der Waals surface area contributed by atoms with Crippen LogP contribution in [0.5, 0.6) is 5.88 Å². The number of amides is 1. The fraction of sp³-hybridized carbons (Fsp3) is 0.348. The van der Waals surface area contributed by atoms with Crippen molar-refractivity contribution in [3.63, 3.8) is 0 Å². The van der Waals surface area contributed by atoms with Crippen LogP contribution in [0.3, 0.4) is 0 Å². The summed E-state index contributed by atoms with van der Waals surface area (Å²) in [6.07, 6.45) is 1.76. The number of piperidine rings is 2. The number of benzene rings is 1. The number of ether oxygens (including phenoxy) is 1. The van der Waals surface area contributed by atoms with Crippen molar-refractivity contribution in [2.75, 3.05) is 6.54 Å². The topological polar surface area (TPSA) is 81.1 Å². The van der Waals surface area contributed by atoms with Crippen LogP contribution in [0.2, 0.25) is 0 Å². The van der Waals surface area contributed by atoms with Gasteiger partial charge in [0.2, 0.25) is 5.88 Å². The molecule has 7 nitrogen and oxygen atoms in total. The van der Waals surface area contributed by atoms with Crippen LogP contribution in [0.4, 0.5) is 17.6 Å². The Hall–Kier alpha value is -3.63. The summed E-state index contributed by atoms with van der Waals surface area (Å²) in [6.45, 7) is 0.480. The molecule has 6 rings (SSSR count). The monoisotopic (exact) mass is 473 g/mol. The van der Waals surface area contributed by atoms with E-state index in [0.717, 1.165) is 12.6 Å². The molecule has 3 unspecified atom stereocenters. The quantitative estimate of drug-likeness (QED) is 0.530. The van der Waals surface area contributed by atoms with E-state index in [0.29, 0.717) is 37.0 Å². The first-order valence-corrected chi connectivity index (χ1v) is 10.7. The minimum Gasteiger partial charge on any atom is -0.471 e. The number of hydrogen-bond acceptors (Lipinski definition) is 6. The van der Waals surface area contributed by atoms with E-state index >= 15 is 0 Å². The zero-order valence-corrected chi connectivity index (χ0v) is 17.7. The first-order chi connectivity index (χ1) is 16.3. The summed E-state index contributed by atoms with van der Waals surface area (Å²) >= 11 is 0. The standard InChI is InChI=1S/C23H19F4N5O2/c24-14-3-4-15(21-28-6-1-7-29-21)16(9-14)22(33)32-12-13-2-5-17(32)18(8-13)34-20-11-30-19(10-31-20)23(25,26)27/h1,3-4,6-7,9-11,13,17-18H,2,5,8,12H2. The van der Waals surface area contributed by atoms with Gasteiger partial charge in [-0.05, 0) is 49.4 Å². The lowest BCUT2D eigenvalue weighted by atomic mass is 9.77. The second kappa shape index (κ2) is 8.62. The maximum atomic E-state index is 14.1. The van der Waals surface area contributed by atoms with Crippen LogP contribution in [-0.4, -0.2) is 49.4 Å². The predicted molar refractivity (Wildman–Crippen MR) is 111 cm³/mol. The Morgan fingerprint density at radius 2 is 1.85 bits per heavy atom. The van der Waals surface area contributed by atoms with Crippen molar-refractivity contribution >= 4 is 5.91 Å². The van der Waals surface area contributed by atoms with Crippen molar-refractivity contribution in [1.82, 2.24) is 24.8 Å². The highest BCUT2D eigenvalue weighted by atomic mass is 19.4. The zero-order valence-electron chi connectivity index (χ0n) is 17.7. The molecule has 3 fully saturated rings. The van der Waals surface area contributed by atoms with E-state index in [1.807, 2.05) is 0 Å². The number of rotatable bonds is 4. The van der Waals surface area contributed by atoms with E-state index < -0.39 is 23.8 Å². The fourth-order valence-corrected chi connectivity index (χ4v) is 4.65. The molecule has 2 saturated heterocycles. The van der Waals surface area contributed by atoms with Gasteiger partial charge in [0.15, 0.2) is 11.5 Å². The number of nitrogens with zero attached hydrogens (tertiary/aromatic N) is 5. The van der Waals surface area contributed by atoms with Crippen molar-refractivity contribution in [2.24, 2.45) is 5.92 Å². The first-order valence-electron chi connectivity index (χ1n) is 10.7. The van der Waals surface area contributed by atoms with Gasteiger partial charge in [0.1, 0.15) is 11.9 Å². The lowest BCUT2D eigenvalue weighted by Gasteiger charge is -2.49. The molecule has 4 heterocycles. The Morgan fingerprint density at radius 1 is 1.06 bits per heavy atom. The van der Waals surface area contributed by atoms with Crippen molar-refractivity contribution in [1.29, 1.82) is 0 Å². The van der Waals surface area contributed by atoms with Crippen LogP contribution in [-0.2, 0) is 6.18 Å². The van der Waals surface area contributed by atoms with Gasteiger partial charge < -0.3 is 9.64 Å². The number of fused-ring (bicyclic) bond motifs is 3. The second-order valence-corrected chi connectivity index (χ2v) is 8.36. The highest BCUT2D eigenvalue weighted by Crippen LogP contribution is 2.39. The van der Waals surface area contributed by atoms with Gasteiger partial charge >= 0.3 is 6.18 Å². The molecule has 0 radical (unpaired) electrons. The average molecular weight is 473 g/mol. The van der Waals surface area contributed by atoms with E-state index in [-0.39, 0.29) is 29.3 Å². The third kappa shape index (κ3) is 4.29. The van der Waals surface area contributed by atoms with Crippen molar-refractivity contribution in [3.8, 4) is 17.3 Å². The van der Waals surface area contributed by atoms with Crippen LogP contribution in [0.15, 0.2) is 49.1 Å². The van der Waals surface area contributed by atoms with Gasteiger partial charge in [-0.2, -0.15) is 13.2 Å². The summed E-state index contributed by atoms with van der Waals surface area (Å²) in [5.74, 6) is -0.518. The van der Waals surface area contributed by atoms with E-state index in [2.05, 4.69) is 19.9 Å². The Kier molecular flexibility index (Phi) is 5.62. The van der Waals surface area contributed by atoms with E-state index in [9.17, 15) is 22.4 Å². The van der Waals surface area contributed by atoms with Crippen molar-refractivity contribution < 1.29 is 27.1 Å². The van der Waals surface area contributed by atoms with Crippen LogP contribution >= 0.6 is 0 Å². The van der Waals surface area contributed by atoms with Crippen molar-refractivity contribution in [2.45, 2.75) is 37.6 Å². The number of halogens is 4. The molecule has 3 aromatic rings. The molecule has 1 amide bonds. The molecule has 2 aromatic heterocycles. The lowest BCUT2D eigenvalue weighted by Crippen LogP contribution is -2.59. The highest BCUT2D eigenvalue weighted by molar-refractivity contribution is 6.00. The maximum Gasteiger partial charge on any atom is 0.434 e. The molecule has 2 bridgehead atoms. The Bertz CT molecular complexity index is 1190. The van der Waals surface area contributed by atoms with Gasteiger partial charge in [-0.3, -0.25) is 4.79 Å². The summed E-state index contributed by atoms with van der Waals surface area (Å²) in [4.78, 5) is 30.7. The van der Waals surface area contributed by atoms with E-state index in [1.165, 1.54) is 30.6 Å². The van der Waals surface area contributed by atoms with Crippen LogP contribution in [0, 0.1) is 11.7 Å². The molecule has 3 atom stereocenters. The van der Waals surface area contributed by atoms with Gasteiger partial charge in [0.05, 0.1) is 24.0 Å². The number of alkyl halides is 3. The molecule has 3 aliphatic rings. The Morgan fingerprint density at radius 3 is 2.53 bits per heavy atom. The molecule has 0 N–H and O–H groups in total. The largest absolute Gasteiger partial charge is 0.471 e. The summed E-state index contributed by atoms with van der Waals surface area (Å²) in [7, 11) is 0. The normalized spacial score (nSPS) is 22.0. The summed E-state index contributed by atoms with van der Waals surface area (Å²) < 4.78 is 58.3. The van der Waals surface area contributed by atoms with E-state index in [1.54, 1.807) is 11.0 Å². The van der Waals surface area contributed by atoms with Gasteiger partial charge in [0.25, 0.3) is 5.91 Å². The smallest absolute Gasteiger partial charge is 0.434 e. The van der Waals surface area contributed by atoms with E-state index in [4.69, 9.17) is 4.74 Å². The maximum absolute atomic E-state index is 14.1. The Balaban J connectivity index is 1.40. The van der Waals surface area contributed by atoms with Gasteiger partial charge in [-0.1, -0.05) is 0 Å². The van der Waals surface area contributed by atoms with Gasteiger partial charge in [-0.15, -0.1) is 0 Å². The summed E-state index contributed by atoms with van der Waals surface area (Å²) in [6, 6.07) is 5.21.